The molecule has 24 heavy (non-hydrogen) atoms. The van der Waals surface area contributed by atoms with E-state index in [4.69, 9.17) is 0 Å². The van der Waals surface area contributed by atoms with E-state index in [1.807, 2.05) is 4.90 Å². The molecular formula is C18H27ClFN3O. The van der Waals surface area contributed by atoms with Gasteiger partial charge in [0, 0.05) is 38.3 Å². The summed E-state index contributed by atoms with van der Waals surface area (Å²) in [5, 5.41) is 3.45. The third kappa shape index (κ3) is 4.68. The van der Waals surface area contributed by atoms with Crippen molar-refractivity contribution in [2.24, 2.45) is 5.41 Å². The van der Waals surface area contributed by atoms with Crippen LogP contribution in [-0.4, -0.2) is 61.5 Å². The average molecular weight is 356 g/mol. The number of rotatable bonds is 3. The Bertz CT molecular complexity index is 546. The smallest absolute Gasteiger partial charge is 0.253 e. The summed E-state index contributed by atoms with van der Waals surface area (Å²) in [6.45, 7) is 9.13. The van der Waals surface area contributed by atoms with Gasteiger partial charge in [-0.3, -0.25) is 4.79 Å². The monoisotopic (exact) mass is 355 g/mol. The van der Waals surface area contributed by atoms with Gasteiger partial charge in [-0.15, -0.1) is 12.4 Å². The van der Waals surface area contributed by atoms with Gasteiger partial charge in [0.25, 0.3) is 5.91 Å². The van der Waals surface area contributed by atoms with Crippen molar-refractivity contribution in [1.29, 1.82) is 0 Å². The van der Waals surface area contributed by atoms with Crippen LogP contribution in [0, 0.1) is 11.2 Å². The first kappa shape index (κ1) is 19.2. The quantitative estimate of drug-likeness (QED) is 0.904. The van der Waals surface area contributed by atoms with Gasteiger partial charge in [-0.2, -0.15) is 0 Å². The molecule has 2 saturated heterocycles. The van der Waals surface area contributed by atoms with Crippen LogP contribution in [0.1, 0.15) is 30.1 Å². The average Bonchev–Trinajstić information content (AvgIpc) is 2.83. The summed E-state index contributed by atoms with van der Waals surface area (Å²) in [6.07, 6.45) is 2.22. The number of carbonyl (C=O) groups is 1. The van der Waals surface area contributed by atoms with Gasteiger partial charge in [-0.1, -0.05) is 6.92 Å². The van der Waals surface area contributed by atoms with Crippen molar-refractivity contribution in [3.63, 3.8) is 0 Å². The molecule has 134 valence electrons. The number of amides is 1. The van der Waals surface area contributed by atoms with Gasteiger partial charge in [-0.25, -0.2) is 4.39 Å². The van der Waals surface area contributed by atoms with Crippen molar-refractivity contribution in [3.05, 3.63) is 35.6 Å². The number of benzene rings is 1. The molecular weight excluding hydrogens is 329 g/mol. The molecule has 2 heterocycles. The second-order valence-electron chi connectivity index (χ2n) is 7.17. The Morgan fingerprint density at radius 3 is 2.62 bits per heavy atom. The van der Waals surface area contributed by atoms with Crippen molar-refractivity contribution in [2.45, 2.75) is 19.8 Å². The Balaban J connectivity index is 0.00000208. The Hall–Kier alpha value is -1.17. The Morgan fingerprint density at radius 1 is 1.21 bits per heavy atom. The normalized spacial score (nSPS) is 25.2. The molecule has 2 aliphatic rings. The third-order valence-electron chi connectivity index (χ3n) is 5.03. The van der Waals surface area contributed by atoms with Gasteiger partial charge < -0.3 is 15.1 Å². The van der Waals surface area contributed by atoms with E-state index in [1.54, 1.807) is 12.1 Å². The van der Waals surface area contributed by atoms with Crippen molar-refractivity contribution < 1.29 is 9.18 Å². The largest absolute Gasteiger partial charge is 0.337 e. The first-order valence-electron chi connectivity index (χ1n) is 8.54. The maximum atomic E-state index is 13.0. The standard InChI is InChI=1S/C18H26FN3O.ClH/c1-18(7-8-20-13-18)14-21-9-2-10-22(12-11-21)17(23)15-3-5-16(19)6-4-15;/h3-6,20H,2,7-14H2,1H3;1H. The van der Waals surface area contributed by atoms with Crippen LogP contribution in [0.15, 0.2) is 24.3 Å². The predicted molar refractivity (Wildman–Crippen MR) is 96.2 cm³/mol. The Morgan fingerprint density at radius 2 is 1.96 bits per heavy atom. The summed E-state index contributed by atoms with van der Waals surface area (Å²) >= 11 is 0. The van der Waals surface area contributed by atoms with E-state index in [-0.39, 0.29) is 24.1 Å². The lowest BCUT2D eigenvalue weighted by Crippen LogP contribution is -2.40. The summed E-state index contributed by atoms with van der Waals surface area (Å²) in [5.41, 5.74) is 0.933. The molecule has 1 unspecified atom stereocenters. The SMILES string of the molecule is CC1(CN2CCCN(C(=O)c3ccc(F)cc3)CC2)CCNC1.Cl. The molecule has 2 fully saturated rings. The molecule has 0 spiro atoms. The summed E-state index contributed by atoms with van der Waals surface area (Å²) in [5.74, 6) is -0.289. The molecule has 2 aliphatic heterocycles. The fourth-order valence-corrected chi connectivity index (χ4v) is 3.65. The van der Waals surface area contributed by atoms with E-state index in [0.717, 1.165) is 52.2 Å². The Labute approximate surface area is 149 Å². The fraction of sp³-hybridized carbons (Fsp3) is 0.611. The van der Waals surface area contributed by atoms with Crippen LogP contribution in [0.25, 0.3) is 0 Å². The lowest BCUT2D eigenvalue weighted by atomic mass is 9.89. The van der Waals surface area contributed by atoms with Crippen LogP contribution in [0.3, 0.4) is 0 Å². The molecule has 1 aromatic rings. The first-order valence-corrected chi connectivity index (χ1v) is 8.54. The van der Waals surface area contributed by atoms with Gasteiger partial charge in [0.05, 0.1) is 0 Å². The highest BCUT2D eigenvalue weighted by molar-refractivity contribution is 5.94. The molecule has 1 aromatic carbocycles. The van der Waals surface area contributed by atoms with Gasteiger partial charge >= 0.3 is 0 Å². The van der Waals surface area contributed by atoms with E-state index in [2.05, 4.69) is 17.1 Å². The zero-order valence-corrected chi connectivity index (χ0v) is 15.1. The summed E-state index contributed by atoms with van der Waals surface area (Å²) < 4.78 is 13.0. The predicted octanol–water partition coefficient (Wildman–Crippen LogP) is 2.40. The number of nitrogens with one attached hydrogen (secondary N) is 1. The van der Waals surface area contributed by atoms with E-state index < -0.39 is 0 Å². The summed E-state index contributed by atoms with van der Waals surface area (Å²) in [4.78, 5) is 16.9. The van der Waals surface area contributed by atoms with Crippen molar-refractivity contribution in [2.75, 3.05) is 45.8 Å². The second-order valence-corrected chi connectivity index (χ2v) is 7.17. The fourth-order valence-electron chi connectivity index (χ4n) is 3.65. The van der Waals surface area contributed by atoms with E-state index in [0.29, 0.717) is 11.0 Å². The van der Waals surface area contributed by atoms with Crippen LogP contribution in [0.4, 0.5) is 4.39 Å². The van der Waals surface area contributed by atoms with Crippen molar-refractivity contribution >= 4 is 18.3 Å². The summed E-state index contributed by atoms with van der Waals surface area (Å²) in [6, 6.07) is 5.85. The number of hydrogen-bond acceptors (Lipinski definition) is 3. The topological polar surface area (TPSA) is 35.6 Å². The number of halogens is 2. The van der Waals surface area contributed by atoms with E-state index in [1.165, 1.54) is 18.6 Å². The highest BCUT2D eigenvalue weighted by Crippen LogP contribution is 2.26. The number of nitrogens with zero attached hydrogens (tertiary/aromatic N) is 2. The minimum Gasteiger partial charge on any atom is -0.337 e. The second kappa shape index (κ2) is 8.28. The minimum absolute atomic E-state index is 0. The number of carbonyl (C=O) groups excluding carboxylic acids is 1. The van der Waals surface area contributed by atoms with Crippen LogP contribution in [-0.2, 0) is 0 Å². The zero-order valence-electron chi connectivity index (χ0n) is 14.3. The first-order chi connectivity index (χ1) is 11.1. The molecule has 1 amide bonds. The van der Waals surface area contributed by atoms with Crippen molar-refractivity contribution in [1.82, 2.24) is 15.1 Å². The van der Waals surface area contributed by atoms with Gasteiger partial charge in [0.15, 0.2) is 0 Å². The molecule has 4 nitrogen and oxygen atoms in total. The highest BCUT2D eigenvalue weighted by Gasteiger charge is 2.31. The zero-order chi connectivity index (χ0) is 16.3. The molecule has 6 heteroatoms. The van der Waals surface area contributed by atoms with Crippen LogP contribution < -0.4 is 5.32 Å². The van der Waals surface area contributed by atoms with Crippen molar-refractivity contribution in [3.8, 4) is 0 Å². The van der Waals surface area contributed by atoms with Crippen LogP contribution in [0.2, 0.25) is 0 Å². The minimum atomic E-state index is -0.304. The molecule has 1 atom stereocenters. The molecule has 0 aliphatic carbocycles. The molecule has 1 N–H and O–H groups in total. The molecule has 0 aromatic heterocycles. The Kier molecular flexibility index (Phi) is 6.61. The van der Waals surface area contributed by atoms with Crippen LogP contribution in [0.5, 0.6) is 0 Å². The summed E-state index contributed by atoms with van der Waals surface area (Å²) in [7, 11) is 0. The third-order valence-corrected chi connectivity index (χ3v) is 5.03. The van der Waals surface area contributed by atoms with Gasteiger partial charge in [-0.05, 0) is 55.6 Å². The lowest BCUT2D eigenvalue weighted by Gasteiger charge is -2.31. The van der Waals surface area contributed by atoms with Gasteiger partial charge in [0.2, 0.25) is 0 Å². The van der Waals surface area contributed by atoms with Crippen LogP contribution >= 0.6 is 12.4 Å². The van der Waals surface area contributed by atoms with E-state index >= 15 is 0 Å². The van der Waals surface area contributed by atoms with Gasteiger partial charge in [0.1, 0.15) is 5.82 Å². The lowest BCUT2D eigenvalue weighted by molar-refractivity contribution is 0.0758. The molecule has 0 saturated carbocycles. The molecule has 0 radical (unpaired) electrons. The molecule has 0 bridgehead atoms. The number of hydrogen-bond donors (Lipinski definition) is 1. The van der Waals surface area contributed by atoms with E-state index in [9.17, 15) is 9.18 Å². The molecule has 3 rings (SSSR count). The maximum Gasteiger partial charge on any atom is 0.253 e. The maximum absolute atomic E-state index is 13.0. The highest BCUT2D eigenvalue weighted by atomic mass is 35.5.